The van der Waals surface area contributed by atoms with Crippen LogP contribution in [-0.2, 0) is 9.59 Å². The van der Waals surface area contributed by atoms with Gasteiger partial charge in [-0.15, -0.1) is 0 Å². The molecule has 27 heavy (non-hydrogen) atoms. The number of hydrogen-bond donors (Lipinski definition) is 1. The number of likely N-dealkylation sites (tertiary alicyclic amines) is 1. The molecular weight excluding hydrogens is 345 g/mol. The second-order valence-corrected chi connectivity index (χ2v) is 7.12. The van der Waals surface area contributed by atoms with Crippen molar-refractivity contribution in [2.24, 2.45) is 0 Å². The fraction of sp³-hybridized carbons (Fsp3) is 0.333. The van der Waals surface area contributed by atoms with E-state index in [-0.39, 0.29) is 17.6 Å². The standard InChI is InChI=1S/C21H24FN3O2/c1-24(2)20(26)18(19(23)21(27)25-12-3-13-25)16-6-4-14(5-7-16)15-8-10-17(22)11-9-15/h4-11,18-19H,3,12-13,23H2,1-2H3/p+1/t18-,19-/m0/s1. The third-order valence-corrected chi connectivity index (χ3v) is 5.04. The van der Waals surface area contributed by atoms with Crippen molar-refractivity contribution in [3.05, 3.63) is 59.9 Å². The molecule has 0 bridgehead atoms. The molecule has 1 saturated heterocycles. The molecule has 0 aliphatic carbocycles. The monoisotopic (exact) mass is 370 g/mol. The van der Waals surface area contributed by atoms with E-state index in [9.17, 15) is 14.0 Å². The van der Waals surface area contributed by atoms with E-state index in [1.807, 2.05) is 24.3 Å². The minimum atomic E-state index is -0.670. The lowest BCUT2D eigenvalue weighted by Crippen LogP contribution is -2.72. The minimum absolute atomic E-state index is 0.0796. The number of likely N-dealkylation sites (N-methyl/N-ethyl adjacent to an activating group) is 1. The van der Waals surface area contributed by atoms with Crippen LogP contribution < -0.4 is 5.73 Å². The Labute approximate surface area is 158 Å². The number of quaternary nitrogens is 1. The maximum Gasteiger partial charge on any atom is 0.281 e. The predicted octanol–water partition coefficient (Wildman–Crippen LogP) is 1.51. The lowest BCUT2D eigenvalue weighted by Gasteiger charge is -2.34. The molecule has 142 valence electrons. The summed E-state index contributed by atoms with van der Waals surface area (Å²) >= 11 is 0. The molecule has 5 nitrogen and oxygen atoms in total. The highest BCUT2D eigenvalue weighted by Crippen LogP contribution is 2.26. The fourth-order valence-electron chi connectivity index (χ4n) is 3.26. The van der Waals surface area contributed by atoms with E-state index < -0.39 is 12.0 Å². The lowest BCUT2D eigenvalue weighted by molar-refractivity contribution is -0.409. The van der Waals surface area contributed by atoms with E-state index in [1.54, 1.807) is 31.1 Å². The molecule has 2 atom stereocenters. The molecule has 0 spiro atoms. The van der Waals surface area contributed by atoms with Crippen molar-refractivity contribution in [3.63, 3.8) is 0 Å². The number of carbonyl (C=O) groups is 2. The largest absolute Gasteiger partial charge is 0.348 e. The van der Waals surface area contributed by atoms with E-state index in [0.29, 0.717) is 0 Å². The SMILES string of the molecule is CN(C)C(=O)[C@@H](c1ccc(-c2ccc(F)cc2)cc1)[C@H]([NH3+])C(=O)N1CCC1. The summed E-state index contributed by atoms with van der Waals surface area (Å²) in [7, 11) is 3.37. The van der Waals surface area contributed by atoms with E-state index in [4.69, 9.17) is 0 Å². The van der Waals surface area contributed by atoms with Crippen molar-refractivity contribution in [1.29, 1.82) is 0 Å². The van der Waals surface area contributed by atoms with Crippen LogP contribution in [0, 0.1) is 5.82 Å². The van der Waals surface area contributed by atoms with E-state index in [1.165, 1.54) is 17.0 Å². The molecule has 1 heterocycles. The zero-order chi connectivity index (χ0) is 19.6. The third kappa shape index (κ3) is 4.01. The van der Waals surface area contributed by atoms with Crippen LogP contribution in [0.5, 0.6) is 0 Å². The van der Waals surface area contributed by atoms with Crippen LogP contribution in [-0.4, -0.2) is 54.8 Å². The van der Waals surface area contributed by atoms with Crippen LogP contribution in [0.2, 0.25) is 0 Å². The van der Waals surface area contributed by atoms with Gasteiger partial charge in [0, 0.05) is 27.2 Å². The van der Waals surface area contributed by atoms with Crippen LogP contribution in [0.15, 0.2) is 48.5 Å². The highest BCUT2D eigenvalue weighted by atomic mass is 19.1. The number of hydrogen-bond acceptors (Lipinski definition) is 2. The predicted molar refractivity (Wildman–Crippen MR) is 101 cm³/mol. The van der Waals surface area contributed by atoms with Gasteiger partial charge in [0.05, 0.1) is 0 Å². The van der Waals surface area contributed by atoms with Gasteiger partial charge in [-0.3, -0.25) is 9.59 Å². The van der Waals surface area contributed by atoms with E-state index >= 15 is 0 Å². The number of benzene rings is 2. The first-order valence-corrected chi connectivity index (χ1v) is 9.07. The zero-order valence-corrected chi connectivity index (χ0v) is 15.7. The van der Waals surface area contributed by atoms with Gasteiger partial charge in [0.15, 0.2) is 6.04 Å². The maximum absolute atomic E-state index is 13.1. The van der Waals surface area contributed by atoms with Gasteiger partial charge in [-0.2, -0.15) is 0 Å². The van der Waals surface area contributed by atoms with Crippen LogP contribution in [0.1, 0.15) is 17.9 Å². The number of rotatable bonds is 5. The van der Waals surface area contributed by atoms with Gasteiger partial charge in [-0.05, 0) is 35.2 Å². The highest BCUT2D eigenvalue weighted by Gasteiger charge is 2.39. The van der Waals surface area contributed by atoms with Crippen molar-refractivity contribution < 1.29 is 19.7 Å². The summed E-state index contributed by atoms with van der Waals surface area (Å²) in [6.07, 6.45) is 0.997. The van der Waals surface area contributed by atoms with Gasteiger partial charge in [0.25, 0.3) is 5.91 Å². The van der Waals surface area contributed by atoms with Gasteiger partial charge in [-0.25, -0.2) is 4.39 Å². The van der Waals surface area contributed by atoms with Crippen molar-refractivity contribution in [2.75, 3.05) is 27.2 Å². The molecule has 0 unspecified atom stereocenters. The second kappa shape index (κ2) is 7.88. The maximum atomic E-state index is 13.1. The molecule has 0 radical (unpaired) electrons. The topological polar surface area (TPSA) is 68.3 Å². The van der Waals surface area contributed by atoms with Gasteiger partial charge >= 0.3 is 0 Å². The summed E-state index contributed by atoms with van der Waals surface area (Å²) in [5.74, 6) is -1.13. The van der Waals surface area contributed by atoms with Gasteiger partial charge in [0.1, 0.15) is 11.7 Å². The number of carbonyl (C=O) groups excluding carboxylic acids is 2. The second-order valence-electron chi connectivity index (χ2n) is 7.12. The summed E-state index contributed by atoms with van der Waals surface area (Å²) in [4.78, 5) is 28.7. The molecule has 3 rings (SSSR count). The molecule has 2 aromatic rings. The Hall–Kier alpha value is -2.73. The Morgan fingerprint density at radius 3 is 1.96 bits per heavy atom. The average Bonchev–Trinajstić information content (AvgIpc) is 2.61. The molecule has 1 aliphatic rings. The number of nitrogens with zero attached hydrogens (tertiary/aromatic N) is 2. The number of amides is 2. The van der Waals surface area contributed by atoms with E-state index in [0.717, 1.165) is 36.2 Å². The van der Waals surface area contributed by atoms with Crippen LogP contribution in [0.4, 0.5) is 4.39 Å². The highest BCUT2D eigenvalue weighted by molar-refractivity contribution is 5.92. The summed E-state index contributed by atoms with van der Waals surface area (Å²) in [6.45, 7) is 1.47. The quantitative estimate of drug-likeness (QED) is 0.867. The summed E-state index contributed by atoms with van der Waals surface area (Å²) in [6, 6.07) is 13.1. The molecule has 2 aromatic carbocycles. The summed E-state index contributed by atoms with van der Waals surface area (Å²) in [5, 5.41) is 0. The lowest BCUT2D eigenvalue weighted by atomic mass is 9.88. The average molecular weight is 370 g/mol. The minimum Gasteiger partial charge on any atom is -0.348 e. The third-order valence-electron chi connectivity index (χ3n) is 5.04. The molecule has 1 fully saturated rings. The Balaban J connectivity index is 1.88. The van der Waals surface area contributed by atoms with Crippen LogP contribution in [0.3, 0.4) is 0 Å². The molecular formula is C21H25FN3O2+. The Morgan fingerprint density at radius 1 is 1.00 bits per heavy atom. The van der Waals surface area contributed by atoms with E-state index in [2.05, 4.69) is 5.73 Å². The first-order valence-electron chi connectivity index (χ1n) is 9.07. The Bertz CT molecular complexity index is 814. The van der Waals surface area contributed by atoms with Gasteiger partial charge in [0.2, 0.25) is 5.91 Å². The zero-order valence-electron chi connectivity index (χ0n) is 15.7. The molecule has 0 saturated carbocycles. The van der Waals surface area contributed by atoms with Gasteiger partial charge in [-0.1, -0.05) is 36.4 Å². The fourth-order valence-corrected chi connectivity index (χ4v) is 3.26. The molecule has 1 aliphatic heterocycles. The normalized spacial score (nSPS) is 15.6. The Morgan fingerprint density at radius 2 is 1.52 bits per heavy atom. The molecule has 2 amide bonds. The first-order chi connectivity index (χ1) is 12.9. The molecule has 3 N–H and O–H groups in total. The van der Waals surface area contributed by atoms with Crippen LogP contribution in [0.25, 0.3) is 11.1 Å². The smallest absolute Gasteiger partial charge is 0.281 e. The number of halogens is 1. The summed E-state index contributed by atoms with van der Waals surface area (Å²) in [5.41, 5.74) is 6.60. The van der Waals surface area contributed by atoms with Crippen molar-refractivity contribution in [3.8, 4) is 11.1 Å². The molecule has 6 heteroatoms. The van der Waals surface area contributed by atoms with Gasteiger partial charge < -0.3 is 15.5 Å². The van der Waals surface area contributed by atoms with Crippen molar-refractivity contribution >= 4 is 11.8 Å². The summed E-state index contributed by atoms with van der Waals surface area (Å²) < 4.78 is 13.1. The van der Waals surface area contributed by atoms with Crippen molar-refractivity contribution in [1.82, 2.24) is 9.80 Å². The Kier molecular flexibility index (Phi) is 5.56. The first kappa shape index (κ1) is 19.0. The van der Waals surface area contributed by atoms with Crippen molar-refractivity contribution in [2.45, 2.75) is 18.4 Å². The van der Waals surface area contributed by atoms with Crippen LogP contribution >= 0.6 is 0 Å². The molecule has 0 aromatic heterocycles.